The van der Waals surface area contributed by atoms with Gasteiger partial charge < -0.3 is 4.90 Å². The molecule has 0 saturated carbocycles. The van der Waals surface area contributed by atoms with Crippen molar-refractivity contribution in [2.24, 2.45) is 0 Å². The van der Waals surface area contributed by atoms with E-state index in [4.69, 9.17) is 0 Å². The molecule has 0 spiro atoms. The summed E-state index contributed by atoms with van der Waals surface area (Å²) in [6.07, 6.45) is 5.97. The number of aromatic nitrogens is 3. The van der Waals surface area contributed by atoms with E-state index in [1.807, 2.05) is 34.3 Å². The Bertz CT molecular complexity index is 661. The fourth-order valence-electron chi connectivity index (χ4n) is 2.87. The van der Waals surface area contributed by atoms with Gasteiger partial charge in [-0.15, -0.1) is 11.3 Å². The lowest BCUT2D eigenvalue weighted by molar-refractivity contribution is 0.0716. The fraction of sp³-hybridized carbons (Fsp3) is 0.562. The molecule has 1 aliphatic heterocycles. The molecule has 6 heteroatoms. The number of carbonyl (C=O) groups excluding carboxylic acids is 1. The smallest absolute Gasteiger partial charge is 0.273 e. The highest BCUT2D eigenvalue weighted by Crippen LogP contribution is 2.24. The molecule has 3 heterocycles. The van der Waals surface area contributed by atoms with Crippen molar-refractivity contribution in [2.75, 3.05) is 6.54 Å². The Balaban J connectivity index is 1.72. The largest absolute Gasteiger partial charge is 0.332 e. The summed E-state index contributed by atoms with van der Waals surface area (Å²) in [4.78, 5) is 19.2. The highest BCUT2D eigenvalue weighted by molar-refractivity contribution is 7.09. The van der Waals surface area contributed by atoms with Gasteiger partial charge in [-0.3, -0.25) is 9.48 Å². The first kappa shape index (κ1) is 15.2. The Kier molecular flexibility index (Phi) is 4.29. The summed E-state index contributed by atoms with van der Waals surface area (Å²) in [6.45, 7) is 7.82. The van der Waals surface area contributed by atoms with Crippen LogP contribution in [-0.4, -0.2) is 38.2 Å². The maximum absolute atomic E-state index is 12.7. The van der Waals surface area contributed by atoms with Gasteiger partial charge in [0.15, 0.2) is 0 Å². The maximum atomic E-state index is 12.7. The molecule has 1 atom stereocenters. The molecule has 22 heavy (non-hydrogen) atoms. The zero-order valence-electron chi connectivity index (χ0n) is 13.3. The maximum Gasteiger partial charge on any atom is 0.273 e. The SMILES string of the molecule is Cc1cnn(C[C@@H]2CCCN2C(=O)c2csc(C(C)C)n2)c1. The summed E-state index contributed by atoms with van der Waals surface area (Å²) in [7, 11) is 0. The molecular weight excluding hydrogens is 296 g/mol. The van der Waals surface area contributed by atoms with Crippen molar-refractivity contribution in [2.45, 2.75) is 52.1 Å². The van der Waals surface area contributed by atoms with Crippen LogP contribution in [0.4, 0.5) is 0 Å². The van der Waals surface area contributed by atoms with Gasteiger partial charge in [-0.2, -0.15) is 5.10 Å². The summed E-state index contributed by atoms with van der Waals surface area (Å²) >= 11 is 1.58. The summed E-state index contributed by atoms with van der Waals surface area (Å²) in [6, 6.07) is 0.219. The number of rotatable bonds is 4. The van der Waals surface area contributed by atoms with E-state index in [9.17, 15) is 4.79 Å². The van der Waals surface area contributed by atoms with Crippen LogP contribution in [0.15, 0.2) is 17.8 Å². The van der Waals surface area contributed by atoms with E-state index in [-0.39, 0.29) is 11.9 Å². The van der Waals surface area contributed by atoms with Gasteiger partial charge in [0.05, 0.1) is 23.8 Å². The van der Waals surface area contributed by atoms with Gasteiger partial charge in [0.1, 0.15) is 5.69 Å². The quantitative estimate of drug-likeness (QED) is 0.870. The van der Waals surface area contributed by atoms with Crippen LogP contribution in [-0.2, 0) is 6.54 Å². The Morgan fingerprint density at radius 1 is 1.50 bits per heavy atom. The first-order valence-electron chi connectivity index (χ1n) is 7.80. The number of nitrogens with zero attached hydrogens (tertiary/aromatic N) is 4. The molecule has 1 aliphatic rings. The molecule has 0 unspecified atom stereocenters. The minimum absolute atomic E-state index is 0.0644. The first-order valence-corrected chi connectivity index (χ1v) is 8.68. The summed E-state index contributed by atoms with van der Waals surface area (Å²) in [5, 5.41) is 7.26. The summed E-state index contributed by atoms with van der Waals surface area (Å²) < 4.78 is 1.94. The number of thiazole rings is 1. The average Bonchev–Trinajstić information content (AvgIpc) is 3.19. The monoisotopic (exact) mass is 318 g/mol. The topological polar surface area (TPSA) is 51.0 Å². The fourth-order valence-corrected chi connectivity index (χ4v) is 3.68. The molecule has 0 N–H and O–H groups in total. The van der Waals surface area contributed by atoms with Crippen molar-refractivity contribution in [3.05, 3.63) is 34.0 Å². The van der Waals surface area contributed by atoms with Crippen molar-refractivity contribution < 1.29 is 4.79 Å². The second-order valence-electron chi connectivity index (χ2n) is 6.26. The van der Waals surface area contributed by atoms with Crippen LogP contribution in [0.5, 0.6) is 0 Å². The van der Waals surface area contributed by atoms with Gasteiger partial charge in [0.25, 0.3) is 5.91 Å². The first-order chi connectivity index (χ1) is 10.5. The van der Waals surface area contributed by atoms with Crippen LogP contribution in [0.2, 0.25) is 0 Å². The third kappa shape index (κ3) is 3.06. The van der Waals surface area contributed by atoms with E-state index in [0.29, 0.717) is 11.6 Å². The molecular formula is C16H22N4OS. The van der Waals surface area contributed by atoms with Crippen LogP contribution in [0.1, 0.15) is 53.7 Å². The highest BCUT2D eigenvalue weighted by Gasteiger charge is 2.31. The van der Waals surface area contributed by atoms with E-state index < -0.39 is 0 Å². The summed E-state index contributed by atoms with van der Waals surface area (Å²) in [5.74, 6) is 0.433. The Morgan fingerprint density at radius 2 is 2.32 bits per heavy atom. The minimum atomic E-state index is 0.0644. The number of carbonyl (C=O) groups is 1. The molecule has 3 rings (SSSR count). The Labute approximate surface area is 135 Å². The standard InChI is InChI=1S/C16H22N4OS/c1-11(2)15-18-14(10-22-15)16(21)20-6-4-5-13(20)9-19-8-12(3)7-17-19/h7-8,10-11,13H,4-6,9H2,1-3H3/t13-/m0/s1. The van der Waals surface area contributed by atoms with Gasteiger partial charge in [-0.25, -0.2) is 4.98 Å². The minimum Gasteiger partial charge on any atom is -0.332 e. The van der Waals surface area contributed by atoms with E-state index in [2.05, 4.69) is 23.9 Å². The van der Waals surface area contributed by atoms with Crippen LogP contribution in [0, 0.1) is 6.92 Å². The third-order valence-corrected chi connectivity index (χ3v) is 5.18. The molecule has 0 bridgehead atoms. The molecule has 0 radical (unpaired) electrons. The molecule has 1 fully saturated rings. The lowest BCUT2D eigenvalue weighted by atomic mass is 10.2. The van der Waals surface area contributed by atoms with Crippen molar-refractivity contribution in [1.29, 1.82) is 0 Å². The molecule has 118 valence electrons. The molecule has 0 aromatic carbocycles. The average molecular weight is 318 g/mol. The number of hydrogen-bond acceptors (Lipinski definition) is 4. The molecule has 2 aromatic heterocycles. The molecule has 1 amide bonds. The highest BCUT2D eigenvalue weighted by atomic mass is 32.1. The molecule has 5 nitrogen and oxygen atoms in total. The number of aryl methyl sites for hydroxylation is 1. The van der Waals surface area contributed by atoms with Crippen LogP contribution >= 0.6 is 11.3 Å². The third-order valence-electron chi connectivity index (χ3n) is 4.03. The Morgan fingerprint density at radius 3 is 2.95 bits per heavy atom. The van der Waals surface area contributed by atoms with Crippen molar-refractivity contribution in [3.8, 4) is 0 Å². The number of amides is 1. The Hall–Kier alpha value is -1.69. The van der Waals surface area contributed by atoms with E-state index >= 15 is 0 Å². The predicted molar refractivity (Wildman–Crippen MR) is 87.2 cm³/mol. The second kappa shape index (κ2) is 6.20. The normalized spacial score (nSPS) is 18.4. The lowest BCUT2D eigenvalue weighted by Crippen LogP contribution is -2.38. The van der Waals surface area contributed by atoms with Crippen molar-refractivity contribution >= 4 is 17.2 Å². The van der Waals surface area contributed by atoms with Crippen molar-refractivity contribution in [1.82, 2.24) is 19.7 Å². The zero-order valence-corrected chi connectivity index (χ0v) is 14.1. The van der Waals surface area contributed by atoms with Crippen LogP contribution in [0.3, 0.4) is 0 Å². The number of hydrogen-bond donors (Lipinski definition) is 0. The van der Waals surface area contributed by atoms with Gasteiger partial charge in [0, 0.05) is 24.0 Å². The van der Waals surface area contributed by atoms with Gasteiger partial charge in [-0.05, 0) is 25.3 Å². The van der Waals surface area contributed by atoms with Crippen LogP contribution < -0.4 is 0 Å². The van der Waals surface area contributed by atoms with Crippen LogP contribution in [0.25, 0.3) is 0 Å². The summed E-state index contributed by atoms with van der Waals surface area (Å²) in [5.41, 5.74) is 1.74. The second-order valence-corrected chi connectivity index (χ2v) is 7.15. The van der Waals surface area contributed by atoms with E-state index in [1.165, 1.54) is 0 Å². The van der Waals surface area contributed by atoms with E-state index in [0.717, 1.165) is 36.5 Å². The molecule has 0 aliphatic carbocycles. The molecule has 2 aromatic rings. The zero-order chi connectivity index (χ0) is 15.7. The van der Waals surface area contributed by atoms with Gasteiger partial charge in [0.2, 0.25) is 0 Å². The number of likely N-dealkylation sites (tertiary alicyclic amines) is 1. The van der Waals surface area contributed by atoms with Gasteiger partial charge in [-0.1, -0.05) is 13.8 Å². The van der Waals surface area contributed by atoms with Gasteiger partial charge >= 0.3 is 0 Å². The van der Waals surface area contributed by atoms with Crippen molar-refractivity contribution in [3.63, 3.8) is 0 Å². The predicted octanol–water partition coefficient (Wildman–Crippen LogP) is 3.08. The molecule has 1 saturated heterocycles. The lowest BCUT2D eigenvalue weighted by Gasteiger charge is -2.24. The van der Waals surface area contributed by atoms with E-state index in [1.54, 1.807) is 11.3 Å².